The molecule has 146 valence electrons. The van der Waals surface area contributed by atoms with E-state index in [1.807, 2.05) is 0 Å². The van der Waals surface area contributed by atoms with Crippen molar-refractivity contribution in [3.63, 3.8) is 0 Å². The van der Waals surface area contributed by atoms with Crippen LogP contribution in [0.2, 0.25) is 0 Å². The van der Waals surface area contributed by atoms with E-state index >= 15 is 0 Å². The molecular formula is C20H24ClFN2O3. The Morgan fingerprint density at radius 2 is 1.74 bits per heavy atom. The maximum absolute atomic E-state index is 13.3. The average molecular weight is 395 g/mol. The van der Waals surface area contributed by atoms with Gasteiger partial charge in [-0.15, -0.1) is 12.4 Å². The van der Waals surface area contributed by atoms with Gasteiger partial charge in [-0.05, 0) is 54.8 Å². The van der Waals surface area contributed by atoms with Gasteiger partial charge in [-0.2, -0.15) is 0 Å². The summed E-state index contributed by atoms with van der Waals surface area (Å²) in [5, 5.41) is 2.98. The molecule has 27 heavy (non-hydrogen) atoms. The van der Waals surface area contributed by atoms with Crippen LogP contribution in [-0.2, 0) is 14.9 Å². The Morgan fingerprint density at radius 1 is 1.11 bits per heavy atom. The molecule has 0 spiro atoms. The maximum atomic E-state index is 13.3. The molecule has 0 saturated carbocycles. The van der Waals surface area contributed by atoms with Gasteiger partial charge >= 0.3 is 0 Å². The number of carbonyl (C=O) groups is 1. The molecule has 2 aromatic carbocycles. The fourth-order valence-electron chi connectivity index (χ4n) is 3.20. The third-order valence-corrected chi connectivity index (χ3v) is 4.68. The first-order chi connectivity index (χ1) is 12.6. The van der Waals surface area contributed by atoms with Crippen LogP contribution < -0.4 is 15.8 Å². The second-order valence-electron chi connectivity index (χ2n) is 6.32. The quantitative estimate of drug-likeness (QED) is 0.788. The summed E-state index contributed by atoms with van der Waals surface area (Å²) in [6.07, 6.45) is 1.12. The van der Waals surface area contributed by atoms with Crippen LogP contribution in [-0.4, -0.2) is 32.3 Å². The Balaban J connectivity index is 0.00000261. The Labute approximate surface area is 164 Å². The molecule has 1 fully saturated rings. The van der Waals surface area contributed by atoms with Crippen LogP contribution >= 0.6 is 12.4 Å². The first-order valence-corrected chi connectivity index (χ1v) is 8.72. The van der Waals surface area contributed by atoms with Gasteiger partial charge in [-0.3, -0.25) is 4.79 Å². The molecule has 5 nitrogen and oxygen atoms in total. The number of anilines is 1. The fourth-order valence-corrected chi connectivity index (χ4v) is 3.20. The van der Waals surface area contributed by atoms with Gasteiger partial charge < -0.3 is 20.5 Å². The summed E-state index contributed by atoms with van der Waals surface area (Å²) < 4.78 is 24.2. The molecule has 0 aliphatic carbocycles. The maximum Gasteiger partial charge on any atom is 0.235 e. The van der Waals surface area contributed by atoms with Crippen molar-refractivity contribution in [2.75, 3.05) is 31.7 Å². The molecule has 3 rings (SSSR count). The number of hydrogen-bond acceptors (Lipinski definition) is 4. The van der Waals surface area contributed by atoms with Crippen molar-refractivity contribution in [2.45, 2.75) is 18.3 Å². The molecule has 0 radical (unpaired) electrons. The van der Waals surface area contributed by atoms with Crippen molar-refractivity contribution in [3.8, 4) is 5.75 Å². The summed E-state index contributed by atoms with van der Waals surface area (Å²) in [4.78, 5) is 13.1. The average Bonchev–Trinajstić information content (AvgIpc) is 2.68. The highest BCUT2D eigenvalue weighted by Gasteiger charge is 2.41. The highest BCUT2D eigenvalue weighted by atomic mass is 35.5. The molecule has 0 atom stereocenters. The monoisotopic (exact) mass is 394 g/mol. The first-order valence-electron chi connectivity index (χ1n) is 8.72. The van der Waals surface area contributed by atoms with Crippen molar-refractivity contribution < 1.29 is 18.7 Å². The van der Waals surface area contributed by atoms with Crippen LogP contribution in [0.15, 0.2) is 48.5 Å². The number of benzene rings is 2. The topological polar surface area (TPSA) is 73.6 Å². The van der Waals surface area contributed by atoms with Crippen LogP contribution in [0.5, 0.6) is 5.75 Å². The molecular weight excluding hydrogens is 371 g/mol. The number of carbonyl (C=O) groups excluding carboxylic acids is 1. The molecule has 1 heterocycles. The summed E-state index contributed by atoms with van der Waals surface area (Å²) in [6.45, 7) is 1.88. The lowest BCUT2D eigenvalue weighted by Gasteiger charge is -2.36. The van der Waals surface area contributed by atoms with Crippen LogP contribution in [0, 0.1) is 5.82 Å². The molecule has 7 heteroatoms. The normalized spacial score (nSPS) is 15.5. The van der Waals surface area contributed by atoms with Gasteiger partial charge in [-0.1, -0.05) is 12.1 Å². The zero-order chi connectivity index (χ0) is 18.4. The molecule has 0 unspecified atom stereocenters. The van der Waals surface area contributed by atoms with E-state index in [0.29, 0.717) is 50.6 Å². The molecule has 1 aliphatic rings. The first kappa shape index (κ1) is 21.2. The van der Waals surface area contributed by atoms with Gasteiger partial charge in [0.25, 0.3) is 0 Å². The van der Waals surface area contributed by atoms with E-state index in [2.05, 4.69) is 5.32 Å². The Bertz CT molecular complexity index is 732. The SMILES string of the molecule is Cl.NCCOc1ccc(NC(=O)C2(c3ccc(F)cc3)CCOCC2)cc1. The Hall–Kier alpha value is -2.15. The van der Waals surface area contributed by atoms with Gasteiger partial charge in [0.05, 0.1) is 5.41 Å². The minimum atomic E-state index is -0.722. The Kier molecular flexibility index (Phi) is 7.59. The number of hydrogen-bond donors (Lipinski definition) is 2. The standard InChI is InChI=1S/C20H23FN2O3.ClH/c21-16-3-1-15(2-4-16)20(9-12-25-13-10-20)19(24)23-17-5-7-18(8-6-17)26-14-11-22;/h1-8H,9-14,22H2,(H,23,24);1H. The zero-order valence-corrected chi connectivity index (χ0v) is 15.8. The molecule has 0 aromatic heterocycles. The van der Waals surface area contributed by atoms with Gasteiger partial charge in [0, 0.05) is 25.4 Å². The summed E-state index contributed by atoms with van der Waals surface area (Å²) in [5.74, 6) is 0.278. The third kappa shape index (κ3) is 4.97. The number of nitrogens with one attached hydrogen (secondary N) is 1. The lowest BCUT2D eigenvalue weighted by Crippen LogP contribution is -2.44. The second-order valence-corrected chi connectivity index (χ2v) is 6.32. The van der Waals surface area contributed by atoms with Crippen molar-refractivity contribution in [3.05, 3.63) is 59.9 Å². The minimum absolute atomic E-state index is 0. The number of rotatable bonds is 6. The van der Waals surface area contributed by atoms with E-state index in [1.165, 1.54) is 12.1 Å². The van der Waals surface area contributed by atoms with E-state index in [0.717, 1.165) is 5.56 Å². The molecule has 2 aromatic rings. The van der Waals surface area contributed by atoms with E-state index in [-0.39, 0.29) is 24.1 Å². The summed E-state index contributed by atoms with van der Waals surface area (Å²) in [6, 6.07) is 13.3. The number of halogens is 2. The smallest absolute Gasteiger partial charge is 0.235 e. The van der Waals surface area contributed by atoms with Crippen LogP contribution in [0.1, 0.15) is 18.4 Å². The van der Waals surface area contributed by atoms with E-state index in [9.17, 15) is 9.18 Å². The summed E-state index contributed by atoms with van der Waals surface area (Å²) in [7, 11) is 0. The van der Waals surface area contributed by atoms with Gasteiger partial charge in [-0.25, -0.2) is 4.39 Å². The summed E-state index contributed by atoms with van der Waals surface area (Å²) >= 11 is 0. The van der Waals surface area contributed by atoms with Gasteiger partial charge in [0.15, 0.2) is 0 Å². The molecule has 3 N–H and O–H groups in total. The molecule has 1 amide bonds. The summed E-state index contributed by atoms with van der Waals surface area (Å²) in [5.41, 5.74) is 6.19. The molecule has 1 saturated heterocycles. The van der Waals surface area contributed by atoms with Gasteiger partial charge in [0.1, 0.15) is 18.2 Å². The van der Waals surface area contributed by atoms with Crippen LogP contribution in [0.25, 0.3) is 0 Å². The largest absolute Gasteiger partial charge is 0.492 e. The second kappa shape index (κ2) is 9.69. The third-order valence-electron chi connectivity index (χ3n) is 4.68. The fraction of sp³-hybridized carbons (Fsp3) is 0.350. The van der Waals surface area contributed by atoms with E-state index < -0.39 is 5.41 Å². The predicted octanol–water partition coefficient (Wildman–Crippen LogP) is 3.27. The van der Waals surface area contributed by atoms with Crippen molar-refractivity contribution in [2.24, 2.45) is 5.73 Å². The number of amides is 1. The van der Waals surface area contributed by atoms with Crippen LogP contribution in [0.4, 0.5) is 10.1 Å². The van der Waals surface area contributed by atoms with E-state index in [4.69, 9.17) is 15.2 Å². The van der Waals surface area contributed by atoms with Crippen LogP contribution in [0.3, 0.4) is 0 Å². The van der Waals surface area contributed by atoms with Gasteiger partial charge in [0.2, 0.25) is 5.91 Å². The van der Waals surface area contributed by atoms with E-state index in [1.54, 1.807) is 36.4 Å². The minimum Gasteiger partial charge on any atom is -0.492 e. The predicted molar refractivity (Wildman–Crippen MR) is 105 cm³/mol. The number of ether oxygens (including phenoxy) is 2. The molecule has 0 bridgehead atoms. The van der Waals surface area contributed by atoms with Crippen molar-refractivity contribution in [1.29, 1.82) is 0 Å². The lowest BCUT2D eigenvalue weighted by atomic mass is 9.73. The van der Waals surface area contributed by atoms with Crippen molar-refractivity contribution in [1.82, 2.24) is 0 Å². The molecule has 1 aliphatic heterocycles. The number of nitrogens with two attached hydrogens (primary N) is 1. The Morgan fingerprint density at radius 3 is 2.33 bits per heavy atom. The van der Waals surface area contributed by atoms with Crippen molar-refractivity contribution >= 4 is 24.0 Å². The lowest BCUT2D eigenvalue weighted by molar-refractivity contribution is -0.125. The zero-order valence-electron chi connectivity index (χ0n) is 14.9. The highest BCUT2D eigenvalue weighted by molar-refractivity contribution is 5.99. The highest BCUT2D eigenvalue weighted by Crippen LogP contribution is 2.36.